The van der Waals surface area contributed by atoms with Crippen LogP contribution >= 0.6 is 0 Å². The van der Waals surface area contributed by atoms with E-state index in [1.54, 1.807) is 0 Å². The first-order valence-corrected chi connectivity index (χ1v) is 5.79. The molecule has 1 heteroatoms. The van der Waals surface area contributed by atoms with Gasteiger partial charge < -0.3 is 5.11 Å². The summed E-state index contributed by atoms with van der Waals surface area (Å²) >= 11 is 0. The van der Waals surface area contributed by atoms with Crippen LogP contribution in [0.2, 0.25) is 0 Å². The minimum Gasteiger partial charge on any atom is -0.393 e. The van der Waals surface area contributed by atoms with Gasteiger partial charge in [-0.1, -0.05) is 41.0 Å². The van der Waals surface area contributed by atoms with Crippen molar-refractivity contribution >= 4 is 0 Å². The molecule has 1 nitrogen and oxygen atoms in total. The maximum atomic E-state index is 9.71. The molecule has 1 rings (SSSR count). The van der Waals surface area contributed by atoms with Crippen molar-refractivity contribution in [2.45, 2.75) is 60.0 Å². The summed E-state index contributed by atoms with van der Waals surface area (Å²) in [5, 5.41) is 9.71. The Labute approximate surface area is 83.5 Å². The van der Waals surface area contributed by atoms with Gasteiger partial charge in [-0.2, -0.15) is 0 Å². The van der Waals surface area contributed by atoms with Crippen molar-refractivity contribution in [2.24, 2.45) is 17.8 Å². The highest BCUT2D eigenvalue weighted by Crippen LogP contribution is 2.33. The van der Waals surface area contributed by atoms with Crippen LogP contribution in [0.15, 0.2) is 0 Å². The van der Waals surface area contributed by atoms with Gasteiger partial charge in [-0.25, -0.2) is 0 Å². The van der Waals surface area contributed by atoms with E-state index in [1.807, 2.05) is 13.8 Å². The molecule has 0 radical (unpaired) electrons. The fourth-order valence-electron chi connectivity index (χ4n) is 2.15. The summed E-state index contributed by atoms with van der Waals surface area (Å²) in [4.78, 5) is 0. The van der Waals surface area contributed by atoms with Crippen molar-refractivity contribution in [2.75, 3.05) is 0 Å². The Hall–Kier alpha value is -0.0400. The smallest absolute Gasteiger partial charge is 0.0573 e. The second kappa shape index (κ2) is 6.42. The van der Waals surface area contributed by atoms with Crippen molar-refractivity contribution in [3.05, 3.63) is 0 Å². The standard InChI is InChI=1S/C10H20O.C2H6/c1-7(2)9-5-4-8(3)6-10(9)11;1-2/h7-11H,4-6H2,1-3H3;1-2H3/t8-,9+,10-;/m0./s1. The number of aliphatic hydroxyl groups excluding tert-OH is 1. The zero-order valence-corrected chi connectivity index (χ0v) is 9.88. The molecule has 0 unspecified atom stereocenters. The summed E-state index contributed by atoms with van der Waals surface area (Å²) in [6.07, 6.45) is 3.52. The molecular weight excluding hydrogens is 160 g/mol. The minimum atomic E-state index is -0.0289. The summed E-state index contributed by atoms with van der Waals surface area (Å²) in [5.41, 5.74) is 0. The van der Waals surface area contributed by atoms with E-state index in [9.17, 15) is 5.11 Å². The zero-order valence-electron chi connectivity index (χ0n) is 9.88. The van der Waals surface area contributed by atoms with Crippen LogP contribution in [0.25, 0.3) is 0 Å². The van der Waals surface area contributed by atoms with Gasteiger partial charge >= 0.3 is 0 Å². The topological polar surface area (TPSA) is 20.2 Å². The molecule has 1 aliphatic carbocycles. The SMILES string of the molecule is CC.CC(C)[C@H]1CC[C@H](C)C[C@@H]1O. The van der Waals surface area contributed by atoms with Crippen LogP contribution in [0, 0.1) is 17.8 Å². The molecule has 0 saturated heterocycles. The first kappa shape index (κ1) is 13.0. The van der Waals surface area contributed by atoms with Gasteiger partial charge in [-0.3, -0.25) is 0 Å². The summed E-state index contributed by atoms with van der Waals surface area (Å²) in [6, 6.07) is 0. The largest absolute Gasteiger partial charge is 0.393 e. The molecule has 1 saturated carbocycles. The van der Waals surface area contributed by atoms with Gasteiger partial charge in [0.15, 0.2) is 0 Å². The van der Waals surface area contributed by atoms with Gasteiger partial charge in [-0.05, 0) is 30.6 Å². The van der Waals surface area contributed by atoms with Crippen LogP contribution in [0.3, 0.4) is 0 Å². The van der Waals surface area contributed by atoms with Crippen LogP contribution in [-0.2, 0) is 0 Å². The highest BCUT2D eigenvalue weighted by atomic mass is 16.3. The van der Waals surface area contributed by atoms with Crippen LogP contribution in [0.5, 0.6) is 0 Å². The molecule has 0 amide bonds. The lowest BCUT2D eigenvalue weighted by molar-refractivity contribution is 0.0266. The van der Waals surface area contributed by atoms with Gasteiger partial charge in [-0.15, -0.1) is 0 Å². The summed E-state index contributed by atoms with van der Waals surface area (Å²) in [6.45, 7) is 10.7. The monoisotopic (exact) mass is 186 g/mol. The Morgan fingerprint density at radius 2 is 1.69 bits per heavy atom. The van der Waals surface area contributed by atoms with Crippen molar-refractivity contribution in [3.8, 4) is 0 Å². The first-order valence-electron chi connectivity index (χ1n) is 5.79. The Morgan fingerprint density at radius 3 is 2.08 bits per heavy atom. The lowest BCUT2D eigenvalue weighted by Crippen LogP contribution is -2.31. The quantitative estimate of drug-likeness (QED) is 0.665. The van der Waals surface area contributed by atoms with Crippen molar-refractivity contribution < 1.29 is 5.11 Å². The molecule has 0 aliphatic heterocycles. The molecule has 0 aromatic carbocycles. The Morgan fingerprint density at radius 1 is 1.15 bits per heavy atom. The van der Waals surface area contributed by atoms with E-state index in [0.717, 1.165) is 12.3 Å². The third-order valence-corrected chi connectivity index (χ3v) is 2.99. The Kier molecular flexibility index (Phi) is 6.40. The highest BCUT2D eigenvalue weighted by molar-refractivity contribution is 4.79. The van der Waals surface area contributed by atoms with Crippen molar-refractivity contribution in [1.29, 1.82) is 0 Å². The number of hydrogen-bond donors (Lipinski definition) is 1. The van der Waals surface area contributed by atoms with Crippen molar-refractivity contribution in [3.63, 3.8) is 0 Å². The Bertz CT molecular complexity index is 120. The maximum absolute atomic E-state index is 9.71. The van der Waals surface area contributed by atoms with Crippen LogP contribution in [-0.4, -0.2) is 11.2 Å². The van der Waals surface area contributed by atoms with Gasteiger partial charge in [0.05, 0.1) is 6.10 Å². The van der Waals surface area contributed by atoms with Crippen LogP contribution in [0.1, 0.15) is 53.9 Å². The van der Waals surface area contributed by atoms with Crippen molar-refractivity contribution in [1.82, 2.24) is 0 Å². The fourth-order valence-corrected chi connectivity index (χ4v) is 2.15. The summed E-state index contributed by atoms with van der Waals surface area (Å²) < 4.78 is 0. The van der Waals surface area contributed by atoms with E-state index >= 15 is 0 Å². The van der Waals surface area contributed by atoms with E-state index in [4.69, 9.17) is 0 Å². The van der Waals surface area contributed by atoms with E-state index < -0.39 is 0 Å². The van der Waals surface area contributed by atoms with Crippen LogP contribution < -0.4 is 0 Å². The van der Waals surface area contributed by atoms with E-state index in [2.05, 4.69) is 20.8 Å². The van der Waals surface area contributed by atoms with E-state index in [0.29, 0.717) is 11.8 Å². The highest BCUT2D eigenvalue weighted by Gasteiger charge is 2.28. The second-order valence-corrected chi connectivity index (χ2v) is 4.39. The molecule has 1 aliphatic rings. The molecule has 80 valence electrons. The third-order valence-electron chi connectivity index (χ3n) is 2.99. The van der Waals surface area contributed by atoms with Gasteiger partial charge in [0.25, 0.3) is 0 Å². The number of aliphatic hydroxyl groups is 1. The normalized spacial score (nSPS) is 33.9. The molecule has 0 aromatic rings. The average Bonchev–Trinajstić information content (AvgIpc) is 2.07. The number of hydrogen-bond acceptors (Lipinski definition) is 1. The second-order valence-electron chi connectivity index (χ2n) is 4.39. The minimum absolute atomic E-state index is 0.0289. The Balaban J connectivity index is 0.000000671. The van der Waals surface area contributed by atoms with Gasteiger partial charge in [0.2, 0.25) is 0 Å². The zero-order chi connectivity index (χ0) is 10.4. The third kappa shape index (κ3) is 4.12. The summed E-state index contributed by atoms with van der Waals surface area (Å²) in [7, 11) is 0. The predicted octanol–water partition coefficient (Wildman–Crippen LogP) is 3.47. The molecule has 13 heavy (non-hydrogen) atoms. The van der Waals surface area contributed by atoms with E-state index in [1.165, 1.54) is 12.8 Å². The van der Waals surface area contributed by atoms with E-state index in [-0.39, 0.29) is 6.10 Å². The maximum Gasteiger partial charge on any atom is 0.0573 e. The predicted molar refractivity (Wildman–Crippen MR) is 58.7 cm³/mol. The molecule has 1 fully saturated rings. The lowest BCUT2D eigenvalue weighted by Gasteiger charge is -2.33. The molecule has 3 atom stereocenters. The summed E-state index contributed by atoms with van der Waals surface area (Å²) in [5.74, 6) is 1.95. The number of rotatable bonds is 1. The molecule has 0 heterocycles. The lowest BCUT2D eigenvalue weighted by atomic mass is 9.75. The van der Waals surface area contributed by atoms with Gasteiger partial charge in [0.1, 0.15) is 0 Å². The van der Waals surface area contributed by atoms with Crippen LogP contribution in [0.4, 0.5) is 0 Å². The molecule has 0 aromatic heterocycles. The molecule has 1 N–H and O–H groups in total. The molecular formula is C12H26O. The molecule has 0 bridgehead atoms. The molecule has 0 spiro atoms. The average molecular weight is 186 g/mol. The van der Waals surface area contributed by atoms with Gasteiger partial charge in [0, 0.05) is 0 Å². The first-order chi connectivity index (χ1) is 6.11. The fraction of sp³-hybridized carbons (Fsp3) is 1.00.